The van der Waals surface area contributed by atoms with Gasteiger partial charge in [0.25, 0.3) is 0 Å². The zero-order valence-electron chi connectivity index (χ0n) is 7.23. The molecule has 1 aromatic heterocycles. The van der Waals surface area contributed by atoms with Gasteiger partial charge in [-0.25, -0.2) is 0 Å². The van der Waals surface area contributed by atoms with Crippen LogP contribution in [0.2, 0.25) is 0 Å². The highest BCUT2D eigenvalue weighted by Crippen LogP contribution is 2.28. The van der Waals surface area contributed by atoms with Crippen LogP contribution in [0.5, 0.6) is 0 Å². The number of aromatic nitrogens is 2. The molecule has 1 aliphatic rings. The highest BCUT2D eigenvalue weighted by Gasteiger charge is 2.19. The summed E-state index contributed by atoms with van der Waals surface area (Å²) >= 11 is 6.96. The molecule has 1 saturated heterocycles. The fourth-order valence-corrected chi connectivity index (χ4v) is 3.45. The van der Waals surface area contributed by atoms with Crippen molar-refractivity contribution in [2.75, 3.05) is 23.7 Å². The summed E-state index contributed by atoms with van der Waals surface area (Å²) in [5.74, 6) is 1.19. The van der Waals surface area contributed by atoms with Crippen LogP contribution in [0.3, 0.4) is 0 Å². The van der Waals surface area contributed by atoms with Gasteiger partial charge in [-0.2, -0.15) is 11.8 Å². The van der Waals surface area contributed by atoms with Gasteiger partial charge in [-0.05, 0) is 15.9 Å². The van der Waals surface area contributed by atoms with Crippen molar-refractivity contribution in [1.29, 1.82) is 0 Å². The van der Waals surface area contributed by atoms with Gasteiger partial charge in [0.2, 0.25) is 5.13 Å². The minimum Gasteiger partial charge on any atom is -0.345 e. The van der Waals surface area contributed by atoms with Crippen LogP contribution in [0.25, 0.3) is 0 Å². The number of hydrogen-bond acceptors (Lipinski definition) is 5. The Balaban J connectivity index is 2.08. The molecule has 3 nitrogen and oxygen atoms in total. The summed E-state index contributed by atoms with van der Waals surface area (Å²) in [5.41, 5.74) is 0. The molecule has 0 amide bonds. The van der Waals surface area contributed by atoms with E-state index in [1.807, 2.05) is 11.8 Å². The van der Waals surface area contributed by atoms with E-state index in [4.69, 9.17) is 0 Å². The van der Waals surface area contributed by atoms with E-state index >= 15 is 0 Å². The predicted molar refractivity (Wildman–Crippen MR) is 61.7 cm³/mol. The van der Waals surface area contributed by atoms with Gasteiger partial charge in [-0.3, -0.25) is 0 Å². The highest BCUT2D eigenvalue weighted by molar-refractivity contribution is 9.11. The van der Waals surface area contributed by atoms with Gasteiger partial charge in [0.05, 0.1) is 0 Å². The highest BCUT2D eigenvalue weighted by atomic mass is 79.9. The fraction of sp³-hybridized carbons (Fsp3) is 0.714. The Morgan fingerprint density at radius 2 is 2.38 bits per heavy atom. The molecule has 0 aliphatic carbocycles. The number of hydrogen-bond donors (Lipinski definition) is 0. The molecule has 0 aromatic carbocycles. The number of thioether (sulfide) groups is 1. The third-order valence-electron chi connectivity index (χ3n) is 1.90. The number of rotatable bonds is 1. The van der Waals surface area contributed by atoms with Gasteiger partial charge < -0.3 is 4.90 Å². The van der Waals surface area contributed by atoms with Gasteiger partial charge >= 0.3 is 0 Å². The standard InChI is InChI=1S/C7H10BrN3S2/c1-5-4-11(2-3-12-5)7-10-9-6(8)13-7/h5H,2-4H2,1H3. The molecule has 6 heteroatoms. The third-order valence-corrected chi connectivity index (χ3v) is 4.45. The Morgan fingerprint density at radius 3 is 3.00 bits per heavy atom. The molecule has 2 rings (SSSR count). The van der Waals surface area contributed by atoms with Crippen molar-refractivity contribution < 1.29 is 0 Å². The molecule has 13 heavy (non-hydrogen) atoms. The average molecular weight is 280 g/mol. The monoisotopic (exact) mass is 279 g/mol. The first-order valence-corrected chi connectivity index (χ1v) is 6.77. The van der Waals surface area contributed by atoms with E-state index in [2.05, 4.69) is 38.0 Å². The van der Waals surface area contributed by atoms with Gasteiger partial charge in [0.1, 0.15) is 0 Å². The summed E-state index contributed by atoms with van der Waals surface area (Å²) in [7, 11) is 0. The molecular formula is C7H10BrN3S2. The molecule has 1 aromatic rings. The lowest BCUT2D eigenvalue weighted by Crippen LogP contribution is -2.36. The quantitative estimate of drug-likeness (QED) is 0.789. The van der Waals surface area contributed by atoms with Crippen LogP contribution in [0.4, 0.5) is 5.13 Å². The molecule has 1 aliphatic heterocycles. The Labute approximate surface area is 94.0 Å². The van der Waals surface area contributed by atoms with E-state index in [1.54, 1.807) is 11.3 Å². The van der Waals surface area contributed by atoms with Crippen LogP contribution in [-0.4, -0.2) is 34.3 Å². The van der Waals surface area contributed by atoms with Crippen molar-refractivity contribution in [3.8, 4) is 0 Å². The number of anilines is 1. The molecule has 0 bridgehead atoms. The minimum absolute atomic E-state index is 0.705. The first kappa shape index (κ1) is 9.73. The van der Waals surface area contributed by atoms with E-state index in [0.29, 0.717) is 5.25 Å². The molecule has 0 spiro atoms. The van der Waals surface area contributed by atoms with Gasteiger partial charge in [0.15, 0.2) is 3.92 Å². The summed E-state index contributed by atoms with van der Waals surface area (Å²) < 4.78 is 0.869. The van der Waals surface area contributed by atoms with Crippen LogP contribution in [0.1, 0.15) is 6.92 Å². The molecule has 1 unspecified atom stereocenters. The second kappa shape index (κ2) is 4.14. The lowest BCUT2D eigenvalue weighted by molar-refractivity contribution is 0.772. The lowest BCUT2D eigenvalue weighted by atomic mass is 10.4. The molecule has 0 radical (unpaired) electrons. The smallest absolute Gasteiger partial charge is 0.209 e. The maximum absolute atomic E-state index is 4.11. The summed E-state index contributed by atoms with van der Waals surface area (Å²) in [5, 5.41) is 9.81. The first-order valence-electron chi connectivity index (χ1n) is 4.11. The second-order valence-corrected chi connectivity index (χ2v) is 6.74. The Kier molecular flexibility index (Phi) is 3.10. The summed E-state index contributed by atoms with van der Waals surface area (Å²) in [4.78, 5) is 2.31. The van der Waals surface area contributed by atoms with Gasteiger partial charge in [-0.15, -0.1) is 10.2 Å². The normalized spacial score (nSPS) is 23.5. The molecule has 1 atom stereocenters. The topological polar surface area (TPSA) is 29.0 Å². The Hall–Kier alpha value is 0.190. The Morgan fingerprint density at radius 1 is 1.54 bits per heavy atom. The molecule has 1 fully saturated rings. The van der Waals surface area contributed by atoms with Crippen LogP contribution in [0, 0.1) is 0 Å². The molecular weight excluding hydrogens is 270 g/mol. The van der Waals surface area contributed by atoms with E-state index in [9.17, 15) is 0 Å². The lowest BCUT2D eigenvalue weighted by Gasteiger charge is -2.29. The maximum atomic E-state index is 4.11. The van der Waals surface area contributed by atoms with Crippen molar-refractivity contribution in [3.63, 3.8) is 0 Å². The third kappa shape index (κ3) is 2.35. The maximum Gasteiger partial charge on any atom is 0.209 e. The van der Waals surface area contributed by atoms with Crippen molar-refractivity contribution in [3.05, 3.63) is 3.92 Å². The van der Waals surface area contributed by atoms with Crippen LogP contribution >= 0.6 is 39.0 Å². The average Bonchev–Trinajstić information content (AvgIpc) is 2.52. The molecule has 2 heterocycles. The van der Waals surface area contributed by atoms with E-state index in [1.165, 1.54) is 5.75 Å². The van der Waals surface area contributed by atoms with E-state index in [-0.39, 0.29) is 0 Å². The molecule has 0 saturated carbocycles. The van der Waals surface area contributed by atoms with Crippen molar-refractivity contribution in [2.45, 2.75) is 12.2 Å². The number of halogens is 1. The molecule has 72 valence electrons. The Bertz CT molecular complexity index is 291. The minimum atomic E-state index is 0.705. The first-order chi connectivity index (χ1) is 6.25. The van der Waals surface area contributed by atoms with Crippen LogP contribution in [0.15, 0.2) is 3.92 Å². The largest absolute Gasteiger partial charge is 0.345 e. The van der Waals surface area contributed by atoms with Crippen LogP contribution in [-0.2, 0) is 0 Å². The predicted octanol–water partition coefficient (Wildman–Crippen LogP) is 2.24. The summed E-state index contributed by atoms with van der Waals surface area (Å²) in [6, 6.07) is 0. The fourth-order valence-electron chi connectivity index (χ4n) is 1.32. The zero-order valence-corrected chi connectivity index (χ0v) is 10.5. The van der Waals surface area contributed by atoms with Crippen molar-refractivity contribution >= 4 is 44.2 Å². The van der Waals surface area contributed by atoms with Crippen molar-refractivity contribution in [2.24, 2.45) is 0 Å². The SMILES string of the molecule is CC1CN(c2nnc(Br)s2)CCS1. The van der Waals surface area contributed by atoms with Crippen molar-refractivity contribution in [1.82, 2.24) is 10.2 Å². The summed E-state index contributed by atoms with van der Waals surface area (Å²) in [6.07, 6.45) is 0. The second-order valence-electron chi connectivity index (χ2n) is 2.97. The molecule has 0 N–H and O–H groups in total. The van der Waals surface area contributed by atoms with E-state index < -0.39 is 0 Å². The van der Waals surface area contributed by atoms with Crippen LogP contribution < -0.4 is 4.90 Å². The van der Waals surface area contributed by atoms with E-state index in [0.717, 1.165) is 22.1 Å². The van der Waals surface area contributed by atoms with Gasteiger partial charge in [0, 0.05) is 24.1 Å². The number of nitrogens with zero attached hydrogens (tertiary/aromatic N) is 3. The zero-order chi connectivity index (χ0) is 9.26. The summed E-state index contributed by atoms with van der Waals surface area (Å²) in [6.45, 7) is 4.44. The van der Waals surface area contributed by atoms with Gasteiger partial charge in [-0.1, -0.05) is 18.3 Å².